The molecule has 1 aliphatic rings. The molecule has 12 nitrogen and oxygen atoms in total. The number of hydrogen-bond donors (Lipinski definition) is 3. The lowest BCUT2D eigenvalue weighted by Gasteiger charge is -2.22. The Labute approximate surface area is 238 Å². The van der Waals surface area contributed by atoms with E-state index in [2.05, 4.69) is 5.32 Å². The second-order valence-corrected chi connectivity index (χ2v) is 12.3. The zero-order valence-electron chi connectivity index (χ0n) is 23.7. The van der Waals surface area contributed by atoms with Gasteiger partial charge in [0.05, 0.1) is 43.4 Å². The Morgan fingerprint density at radius 1 is 1.12 bits per heavy atom. The lowest BCUT2D eigenvalue weighted by Crippen LogP contribution is -2.29. The van der Waals surface area contributed by atoms with E-state index in [1.54, 1.807) is 32.9 Å². The zero-order chi connectivity index (χ0) is 30.1. The first-order valence-electron chi connectivity index (χ1n) is 13.0. The average Bonchev–Trinajstić information content (AvgIpc) is 3.43. The van der Waals surface area contributed by atoms with Crippen LogP contribution in [0.3, 0.4) is 0 Å². The molecule has 0 saturated carbocycles. The second-order valence-electron chi connectivity index (χ2n) is 10.7. The molecular formula is C28H35N3O9S. The van der Waals surface area contributed by atoms with Crippen molar-refractivity contribution in [2.24, 2.45) is 0 Å². The van der Waals surface area contributed by atoms with Crippen LogP contribution < -0.4 is 14.2 Å². The van der Waals surface area contributed by atoms with Gasteiger partial charge in [0, 0.05) is 42.7 Å². The summed E-state index contributed by atoms with van der Waals surface area (Å²) in [4.78, 5) is 28.6. The maximum absolute atomic E-state index is 13.6. The standard InChI is InChI=1S/C28H35N3O9S/c1-28(2,3)39-27(35)31-21-7-6-17(16-30(8-10-32)9-11-33)12-18(21)13-22(31)19-14-23(38-4)25(40-41(5,36)37)20-15-29-26(34)24(19)20/h6-7,12-14,32-33H,8-11,15-16H2,1-5H3,(H,29,34). The van der Waals surface area contributed by atoms with Crippen LogP contribution in [0.4, 0.5) is 4.79 Å². The maximum Gasteiger partial charge on any atom is 0.419 e. The maximum atomic E-state index is 13.6. The summed E-state index contributed by atoms with van der Waals surface area (Å²) < 4.78 is 41.8. The molecule has 2 heterocycles. The van der Waals surface area contributed by atoms with Crippen molar-refractivity contribution in [2.75, 3.05) is 39.7 Å². The van der Waals surface area contributed by atoms with Crippen molar-refractivity contribution in [3.05, 3.63) is 47.0 Å². The summed E-state index contributed by atoms with van der Waals surface area (Å²) in [7, 11) is -2.59. The number of aromatic nitrogens is 1. The van der Waals surface area contributed by atoms with Crippen LogP contribution in [0.2, 0.25) is 0 Å². The highest BCUT2D eigenvalue weighted by Crippen LogP contribution is 2.44. The summed E-state index contributed by atoms with van der Waals surface area (Å²) in [6.45, 7) is 6.34. The van der Waals surface area contributed by atoms with E-state index in [4.69, 9.17) is 13.7 Å². The number of rotatable bonds is 10. The molecule has 4 rings (SSSR count). The van der Waals surface area contributed by atoms with E-state index in [1.165, 1.54) is 17.7 Å². The highest BCUT2D eigenvalue weighted by Gasteiger charge is 2.34. The highest BCUT2D eigenvalue weighted by molar-refractivity contribution is 7.86. The summed E-state index contributed by atoms with van der Waals surface area (Å²) in [5, 5.41) is 22.2. The van der Waals surface area contributed by atoms with E-state index < -0.39 is 27.7 Å². The molecule has 222 valence electrons. The first-order valence-corrected chi connectivity index (χ1v) is 14.8. The van der Waals surface area contributed by atoms with Crippen LogP contribution in [0.15, 0.2) is 30.3 Å². The summed E-state index contributed by atoms with van der Waals surface area (Å²) >= 11 is 0. The van der Waals surface area contributed by atoms with Crippen molar-refractivity contribution in [2.45, 2.75) is 39.5 Å². The smallest absolute Gasteiger partial charge is 0.419 e. The zero-order valence-corrected chi connectivity index (χ0v) is 24.5. The molecular weight excluding hydrogens is 554 g/mol. The number of nitrogens with zero attached hydrogens (tertiary/aromatic N) is 2. The van der Waals surface area contributed by atoms with Crippen molar-refractivity contribution < 1.29 is 41.9 Å². The summed E-state index contributed by atoms with van der Waals surface area (Å²) in [5.41, 5.74) is 1.71. The Kier molecular flexibility index (Phi) is 8.64. The van der Waals surface area contributed by atoms with E-state index >= 15 is 0 Å². The first kappa shape index (κ1) is 30.3. The number of aliphatic hydroxyl groups excluding tert-OH is 2. The van der Waals surface area contributed by atoms with Gasteiger partial charge < -0.3 is 29.2 Å². The minimum absolute atomic E-state index is 0.00554. The molecule has 1 aromatic heterocycles. The van der Waals surface area contributed by atoms with Gasteiger partial charge in [-0.15, -0.1) is 0 Å². The third-order valence-corrected chi connectivity index (χ3v) is 6.88. The molecule has 0 atom stereocenters. The highest BCUT2D eigenvalue weighted by atomic mass is 32.2. The third-order valence-electron chi connectivity index (χ3n) is 6.41. The number of nitrogens with one attached hydrogen (secondary N) is 1. The number of amides is 1. The minimum Gasteiger partial charge on any atom is -0.493 e. The number of hydrogen-bond acceptors (Lipinski definition) is 10. The Morgan fingerprint density at radius 2 is 1.80 bits per heavy atom. The SMILES string of the molecule is COc1cc(-c2cc3cc(CN(CCO)CCO)ccc3n2C(=O)OC(C)(C)C)c2c(c1OS(C)(=O)=O)CNC2=O. The Morgan fingerprint density at radius 3 is 2.39 bits per heavy atom. The minimum atomic E-state index is -3.95. The number of fused-ring (bicyclic) bond motifs is 2. The van der Waals surface area contributed by atoms with Gasteiger partial charge in [0.2, 0.25) is 0 Å². The largest absolute Gasteiger partial charge is 0.493 e. The van der Waals surface area contributed by atoms with Gasteiger partial charge in [-0.25, -0.2) is 9.36 Å². The van der Waals surface area contributed by atoms with Crippen LogP contribution in [-0.2, 0) is 27.9 Å². The Bertz CT molecular complexity index is 1580. The first-order chi connectivity index (χ1) is 19.3. The van der Waals surface area contributed by atoms with Crippen LogP contribution in [-0.4, -0.2) is 85.4 Å². The number of ether oxygens (including phenoxy) is 2. The molecule has 0 unspecified atom stereocenters. The monoisotopic (exact) mass is 589 g/mol. The Hall–Kier alpha value is -3.65. The molecule has 0 saturated heterocycles. The summed E-state index contributed by atoms with van der Waals surface area (Å²) in [6.07, 6.45) is 0.233. The number of aliphatic hydroxyl groups is 2. The van der Waals surface area contributed by atoms with E-state index in [-0.39, 0.29) is 36.8 Å². The molecule has 0 bridgehead atoms. The predicted octanol–water partition coefficient (Wildman–Crippen LogP) is 2.47. The van der Waals surface area contributed by atoms with E-state index in [0.717, 1.165) is 11.8 Å². The third kappa shape index (κ3) is 6.64. The lowest BCUT2D eigenvalue weighted by atomic mass is 9.98. The van der Waals surface area contributed by atoms with E-state index in [9.17, 15) is 28.2 Å². The number of benzene rings is 2. The lowest BCUT2D eigenvalue weighted by molar-refractivity contribution is 0.0546. The normalized spacial score (nSPS) is 13.4. The summed E-state index contributed by atoms with van der Waals surface area (Å²) in [6, 6.07) is 8.73. The average molecular weight is 590 g/mol. The number of carbonyl (C=O) groups excluding carboxylic acids is 2. The van der Waals surface area contributed by atoms with Gasteiger partial charge in [-0.05, 0) is 50.6 Å². The van der Waals surface area contributed by atoms with Gasteiger partial charge in [-0.1, -0.05) is 6.07 Å². The van der Waals surface area contributed by atoms with Crippen LogP contribution >= 0.6 is 0 Å². The van der Waals surface area contributed by atoms with Crippen molar-refractivity contribution in [3.8, 4) is 22.8 Å². The fourth-order valence-electron chi connectivity index (χ4n) is 4.85. The topological polar surface area (TPSA) is 157 Å². The van der Waals surface area contributed by atoms with Crippen molar-refractivity contribution in [3.63, 3.8) is 0 Å². The van der Waals surface area contributed by atoms with Crippen molar-refractivity contribution in [1.29, 1.82) is 0 Å². The number of carbonyl (C=O) groups is 2. The quantitative estimate of drug-likeness (QED) is 0.300. The fraction of sp³-hybridized carbons (Fsp3) is 0.429. The van der Waals surface area contributed by atoms with E-state index in [1.807, 2.05) is 17.0 Å². The van der Waals surface area contributed by atoms with Gasteiger partial charge in [0.15, 0.2) is 11.5 Å². The molecule has 41 heavy (non-hydrogen) atoms. The van der Waals surface area contributed by atoms with Gasteiger partial charge in [-0.2, -0.15) is 8.42 Å². The van der Waals surface area contributed by atoms with E-state index in [0.29, 0.717) is 47.4 Å². The van der Waals surface area contributed by atoms with Crippen LogP contribution in [0.1, 0.15) is 42.3 Å². The number of methoxy groups -OCH3 is 1. The van der Waals surface area contributed by atoms with Crippen molar-refractivity contribution >= 4 is 33.0 Å². The van der Waals surface area contributed by atoms with Gasteiger partial charge >= 0.3 is 16.2 Å². The van der Waals surface area contributed by atoms with Gasteiger partial charge in [0.25, 0.3) is 5.91 Å². The molecule has 1 amide bonds. The Balaban J connectivity index is 1.96. The predicted molar refractivity (Wildman–Crippen MR) is 152 cm³/mol. The molecule has 3 N–H and O–H groups in total. The molecule has 3 aromatic rings. The summed E-state index contributed by atoms with van der Waals surface area (Å²) in [5.74, 6) is -0.477. The molecule has 1 aliphatic heterocycles. The van der Waals surface area contributed by atoms with Crippen molar-refractivity contribution in [1.82, 2.24) is 14.8 Å². The fourth-order valence-corrected chi connectivity index (χ4v) is 5.34. The van der Waals surface area contributed by atoms with Crippen LogP contribution in [0.25, 0.3) is 22.2 Å². The molecule has 0 radical (unpaired) electrons. The molecule has 0 fully saturated rings. The van der Waals surface area contributed by atoms with Crippen LogP contribution in [0.5, 0.6) is 11.5 Å². The second kappa shape index (κ2) is 11.7. The molecule has 0 aliphatic carbocycles. The van der Waals surface area contributed by atoms with Gasteiger partial charge in [-0.3, -0.25) is 9.69 Å². The molecule has 13 heteroatoms. The molecule has 2 aromatic carbocycles. The van der Waals surface area contributed by atoms with Crippen LogP contribution in [0, 0.1) is 0 Å². The molecule has 0 spiro atoms. The van der Waals surface area contributed by atoms with Gasteiger partial charge in [0.1, 0.15) is 5.60 Å².